The molecule has 0 radical (unpaired) electrons. The molecule has 8 nitrogen and oxygen atoms in total. The van der Waals surface area contributed by atoms with Gasteiger partial charge in [-0.25, -0.2) is 18.6 Å². The summed E-state index contributed by atoms with van der Waals surface area (Å²) in [5.41, 5.74) is -0.801. The normalized spacial score (nSPS) is 17.5. The molecule has 166 valence electrons. The van der Waals surface area contributed by atoms with E-state index in [1.807, 2.05) is 0 Å². The molecule has 1 aromatic heterocycles. The van der Waals surface area contributed by atoms with E-state index in [4.69, 9.17) is 0 Å². The van der Waals surface area contributed by atoms with Crippen LogP contribution in [0.5, 0.6) is 0 Å². The van der Waals surface area contributed by atoms with E-state index in [1.165, 1.54) is 25.2 Å². The van der Waals surface area contributed by atoms with Gasteiger partial charge in [-0.1, -0.05) is 24.3 Å². The third-order valence-corrected chi connectivity index (χ3v) is 5.64. The molecule has 0 fully saturated rings. The first kappa shape index (κ1) is 20.6. The molecule has 1 aliphatic rings. The maximum Gasteiger partial charge on any atom is 0.413 e. The number of carboxylic acid groups (broad SMARTS) is 1. The molecule has 2 amide bonds. The van der Waals surface area contributed by atoms with Crippen molar-refractivity contribution in [2.24, 2.45) is 0 Å². The minimum absolute atomic E-state index is 0.0635. The number of carbonyl (C=O) groups excluding carboxylic acids is 1. The lowest BCUT2D eigenvalue weighted by Gasteiger charge is -2.35. The average molecular weight is 450 g/mol. The van der Waals surface area contributed by atoms with Crippen molar-refractivity contribution in [3.05, 3.63) is 89.0 Å². The molecule has 0 aliphatic carbocycles. The number of carbonyl (C=O) groups is 2. The predicted octanol–water partition coefficient (Wildman–Crippen LogP) is 3.81. The van der Waals surface area contributed by atoms with Crippen LogP contribution in [0, 0.1) is 11.6 Å². The highest BCUT2D eigenvalue weighted by atomic mass is 19.1. The molecule has 5 rings (SSSR count). The highest BCUT2D eigenvalue weighted by Crippen LogP contribution is 2.45. The number of hydrogen-bond donors (Lipinski definition) is 3. The zero-order chi connectivity index (χ0) is 23.5. The summed E-state index contributed by atoms with van der Waals surface area (Å²) in [5, 5.41) is 21.2. The highest BCUT2D eigenvalue weighted by Gasteiger charge is 2.51. The summed E-state index contributed by atoms with van der Waals surface area (Å²) < 4.78 is 28.0. The summed E-state index contributed by atoms with van der Waals surface area (Å²) in [6, 6.07) is 13.5. The Labute approximate surface area is 185 Å². The fourth-order valence-corrected chi connectivity index (χ4v) is 4.08. The van der Waals surface area contributed by atoms with Crippen molar-refractivity contribution in [1.82, 2.24) is 9.97 Å². The Morgan fingerprint density at radius 2 is 1.79 bits per heavy atom. The van der Waals surface area contributed by atoms with Crippen molar-refractivity contribution in [2.45, 2.75) is 5.72 Å². The van der Waals surface area contributed by atoms with Crippen molar-refractivity contribution < 1.29 is 28.6 Å². The molecule has 0 spiro atoms. The SMILES string of the molecule is CN(C(=O)O)c1nc2ccc(C3(O)c4ccccc4C(=O)N3c3cc(F)cc(F)c3)cc2[nH]1. The van der Waals surface area contributed by atoms with E-state index in [1.54, 1.807) is 24.3 Å². The van der Waals surface area contributed by atoms with Crippen molar-refractivity contribution in [1.29, 1.82) is 0 Å². The Morgan fingerprint density at radius 1 is 1.09 bits per heavy atom. The number of nitrogens with zero attached hydrogens (tertiary/aromatic N) is 3. The molecule has 1 aliphatic heterocycles. The second-order valence-corrected chi connectivity index (χ2v) is 7.62. The van der Waals surface area contributed by atoms with Gasteiger partial charge >= 0.3 is 6.09 Å². The average Bonchev–Trinajstić information content (AvgIpc) is 3.30. The van der Waals surface area contributed by atoms with Crippen LogP contribution in [0.25, 0.3) is 11.0 Å². The van der Waals surface area contributed by atoms with Gasteiger partial charge in [0.25, 0.3) is 5.91 Å². The number of halogens is 2. The first-order valence-corrected chi connectivity index (χ1v) is 9.79. The molecule has 3 aromatic carbocycles. The van der Waals surface area contributed by atoms with E-state index in [0.29, 0.717) is 17.1 Å². The van der Waals surface area contributed by atoms with Crippen molar-refractivity contribution >= 4 is 34.7 Å². The lowest BCUT2D eigenvalue weighted by molar-refractivity contribution is 0.0703. The lowest BCUT2D eigenvalue weighted by atomic mass is 9.93. The number of fused-ring (bicyclic) bond motifs is 2. The van der Waals surface area contributed by atoms with E-state index in [-0.39, 0.29) is 28.3 Å². The second kappa shape index (κ2) is 7.10. The van der Waals surface area contributed by atoms with Gasteiger partial charge in [0.15, 0.2) is 5.72 Å². The molecular weight excluding hydrogens is 434 g/mol. The quantitative estimate of drug-likeness (QED) is 0.440. The number of anilines is 2. The van der Waals surface area contributed by atoms with Crippen LogP contribution >= 0.6 is 0 Å². The lowest BCUT2D eigenvalue weighted by Crippen LogP contribution is -2.45. The zero-order valence-electron chi connectivity index (χ0n) is 17.1. The highest BCUT2D eigenvalue weighted by molar-refractivity contribution is 6.12. The largest absolute Gasteiger partial charge is 0.465 e. The number of rotatable bonds is 3. The molecule has 0 saturated carbocycles. The summed E-state index contributed by atoms with van der Waals surface area (Å²) in [6.07, 6.45) is -1.22. The van der Waals surface area contributed by atoms with Gasteiger partial charge in [0.05, 0.1) is 16.7 Å². The first-order valence-electron chi connectivity index (χ1n) is 9.79. The first-order chi connectivity index (χ1) is 15.7. The monoisotopic (exact) mass is 450 g/mol. The van der Waals surface area contributed by atoms with Crippen molar-refractivity contribution in [3.8, 4) is 0 Å². The van der Waals surface area contributed by atoms with Crippen LogP contribution in [0.2, 0.25) is 0 Å². The Kier molecular flexibility index (Phi) is 4.43. The van der Waals surface area contributed by atoms with Gasteiger partial charge < -0.3 is 15.2 Å². The number of amides is 2. The second-order valence-electron chi connectivity index (χ2n) is 7.62. The van der Waals surface area contributed by atoms with Gasteiger partial charge in [0.1, 0.15) is 11.6 Å². The fourth-order valence-electron chi connectivity index (χ4n) is 4.08. The summed E-state index contributed by atoms with van der Waals surface area (Å²) in [7, 11) is 1.32. The van der Waals surface area contributed by atoms with Crippen LogP contribution < -0.4 is 9.80 Å². The summed E-state index contributed by atoms with van der Waals surface area (Å²) in [6.45, 7) is 0. The van der Waals surface area contributed by atoms with Crippen molar-refractivity contribution in [2.75, 3.05) is 16.8 Å². The van der Waals surface area contributed by atoms with Gasteiger partial charge in [-0.2, -0.15) is 0 Å². The van der Waals surface area contributed by atoms with Gasteiger partial charge in [0.2, 0.25) is 5.95 Å². The molecule has 1 unspecified atom stereocenters. The maximum atomic E-state index is 14.0. The number of imidazole rings is 1. The third kappa shape index (κ3) is 3.03. The smallest absolute Gasteiger partial charge is 0.413 e. The number of nitrogens with one attached hydrogen (secondary N) is 1. The Balaban J connectivity index is 1.73. The minimum atomic E-state index is -2.09. The molecule has 1 atom stereocenters. The van der Waals surface area contributed by atoms with Crippen LogP contribution in [-0.4, -0.2) is 39.2 Å². The van der Waals surface area contributed by atoms with Crippen LogP contribution in [0.15, 0.2) is 60.7 Å². The van der Waals surface area contributed by atoms with Crippen LogP contribution in [0.1, 0.15) is 21.5 Å². The van der Waals surface area contributed by atoms with E-state index in [0.717, 1.165) is 21.9 Å². The zero-order valence-corrected chi connectivity index (χ0v) is 17.1. The van der Waals surface area contributed by atoms with Gasteiger partial charge in [0, 0.05) is 29.8 Å². The number of aromatic nitrogens is 2. The number of hydrogen-bond acceptors (Lipinski definition) is 4. The Bertz CT molecular complexity index is 1430. The number of H-pyrrole nitrogens is 1. The molecule has 0 bridgehead atoms. The molecule has 3 N–H and O–H groups in total. The van der Waals surface area contributed by atoms with E-state index >= 15 is 0 Å². The Hall–Kier alpha value is -4.31. The van der Waals surface area contributed by atoms with Crippen molar-refractivity contribution in [3.63, 3.8) is 0 Å². The molecule has 4 aromatic rings. The predicted molar refractivity (Wildman–Crippen MR) is 115 cm³/mol. The minimum Gasteiger partial charge on any atom is -0.465 e. The molecular formula is C23H16F2N4O4. The maximum absolute atomic E-state index is 14.0. The van der Waals surface area contributed by atoms with Crippen LogP contribution in [-0.2, 0) is 5.72 Å². The Morgan fingerprint density at radius 3 is 2.48 bits per heavy atom. The summed E-state index contributed by atoms with van der Waals surface area (Å²) in [5.74, 6) is -2.37. The van der Waals surface area contributed by atoms with Gasteiger partial charge in [-0.3, -0.25) is 14.6 Å². The molecule has 0 saturated heterocycles. The fraction of sp³-hybridized carbons (Fsp3) is 0.0870. The van der Waals surface area contributed by atoms with Gasteiger partial charge in [-0.05, 0) is 30.3 Å². The van der Waals surface area contributed by atoms with Crippen LogP contribution in [0.4, 0.5) is 25.2 Å². The van der Waals surface area contributed by atoms with E-state index in [9.17, 15) is 28.6 Å². The molecule has 10 heteroatoms. The number of aliphatic hydroxyl groups is 1. The molecule has 33 heavy (non-hydrogen) atoms. The van der Waals surface area contributed by atoms with E-state index in [2.05, 4.69) is 9.97 Å². The topological polar surface area (TPSA) is 110 Å². The third-order valence-electron chi connectivity index (χ3n) is 5.64. The van der Waals surface area contributed by atoms with E-state index < -0.39 is 29.4 Å². The standard InChI is InChI=1S/C23H16F2N4O4/c1-28(22(31)32)21-26-18-7-6-12(8-19(18)27-21)23(33)17-5-3-2-4-16(17)20(30)29(23)15-10-13(24)9-14(25)11-15/h2-11,33H,1H3,(H,26,27)(H,31,32). The van der Waals surface area contributed by atoms with Crippen LogP contribution in [0.3, 0.4) is 0 Å². The summed E-state index contributed by atoms with van der Waals surface area (Å²) in [4.78, 5) is 33.4. The summed E-state index contributed by atoms with van der Waals surface area (Å²) >= 11 is 0. The number of aromatic amines is 1. The number of benzene rings is 3. The molecule has 2 heterocycles. The van der Waals surface area contributed by atoms with Gasteiger partial charge in [-0.15, -0.1) is 0 Å².